The summed E-state index contributed by atoms with van der Waals surface area (Å²) in [6.45, 7) is -0.279. The molecule has 1 aromatic rings. The number of benzene rings is 1. The second kappa shape index (κ2) is 5.01. The van der Waals surface area contributed by atoms with Gasteiger partial charge in [0, 0.05) is 11.6 Å². The van der Waals surface area contributed by atoms with Gasteiger partial charge in [-0.3, -0.25) is 0 Å². The van der Waals surface area contributed by atoms with Crippen LogP contribution < -0.4 is 5.73 Å². The van der Waals surface area contributed by atoms with Crippen molar-refractivity contribution in [2.24, 2.45) is 5.73 Å². The van der Waals surface area contributed by atoms with Gasteiger partial charge in [0.2, 0.25) is 0 Å². The molecule has 74 valence electrons. The number of nitrogens with two attached hydrogens (primary N) is 1. The van der Waals surface area contributed by atoms with Gasteiger partial charge < -0.3 is 15.9 Å². The van der Waals surface area contributed by atoms with Crippen molar-refractivity contribution in [2.75, 3.05) is 6.61 Å². The third kappa shape index (κ3) is 2.84. The Labute approximate surface area is 81.4 Å². The topological polar surface area (TPSA) is 66.5 Å². The van der Waals surface area contributed by atoms with Gasteiger partial charge >= 0.3 is 0 Å². The van der Waals surface area contributed by atoms with E-state index in [4.69, 9.17) is 15.9 Å². The molecule has 0 aromatic heterocycles. The van der Waals surface area contributed by atoms with Crippen LogP contribution in [0.1, 0.15) is 11.6 Å². The number of aliphatic hydroxyl groups is 1. The lowest BCUT2D eigenvalue weighted by Gasteiger charge is -2.09. The second-order valence-corrected chi connectivity index (χ2v) is 2.49. The molecule has 1 aromatic carbocycles. The van der Waals surface area contributed by atoms with Gasteiger partial charge in [-0.2, -0.15) is 0 Å². The predicted molar refractivity (Wildman–Crippen MR) is 49.3 cm³/mol. The molecule has 0 saturated carbocycles. The van der Waals surface area contributed by atoms with Gasteiger partial charge in [0.15, 0.2) is 0 Å². The van der Waals surface area contributed by atoms with Crippen LogP contribution in [-0.4, -0.2) is 16.8 Å². The van der Waals surface area contributed by atoms with Gasteiger partial charge in [0.1, 0.15) is 11.6 Å². The quantitative estimate of drug-likeness (QED) is 0.677. The minimum atomic E-state index is -0.661. The maximum Gasteiger partial charge on any atom is 0.126 e. The van der Waals surface area contributed by atoms with Crippen molar-refractivity contribution in [3.8, 4) is 5.75 Å². The van der Waals surface area contributed by atoms with Crippen molar-refractivity contribution < 1.29 is 14.6 Å². The highest BCUT2D eigenvalue weighted by molar-refractivity contribution is 5.85. The number of hydrogen-bond acceptors (Lipinski definition) is 3. The molecule has 5 heteroatoms. The van der Waals surface area contributed by atoms with Crippen LogP contribution in [0.3, 0.4) is 0 Å². The highest BCUT2D eigenvalue weighted by Gasteiger charge is 2.09. The Kier molecular flexibility index (Phi) is 4.69. The molecule has 13 heavy (non-hydrogen) atoms. The minimum absolute atomic E-state index is 0. The molecule has 0 aliphatic rings. The van der Waals surface area contributed by atoms with Crippen LogP contribution in [0.15, 0.2) is 18.2 Å². The molecule has 0 bridgehead atoms. The number of hydrogen-bond donors (Lipinski definition) is 3. The Bertz CT molecular complexity index is 283. The Balaban J connectivity index is 0.00000144. The Morgan fingerprint density at radius 2 is 2.08 bits per heavy atom. The first-order valence-electron chi connectivity index (χ1n) is 3.50. The van der Waals surface area contributed by atoms with Crippen LogP contribution in [0.2, 0.25) is 0 Å². The Morgan fingerprint density at radius 1 is 1.46 bits per heavy atom. The first kappa shape index (κ1) is 12.2. The zero-order chi connectivity index (χ0) is 9.14. The summed E-state index contributed by atoms with van der Waals surface area (Å²) in [5.41, 5.74) is 5.76. The SMILES string of the molecule is Cl.N[C@@H](CO)c1ccc(F)cc1O. The molecule has 0 amide bonds. The van der Waals surface area contributed by atoms with Crippen molar-refractivity contribution in [2.45, 2.75) is 6.04 Å². The number of phenols is 1. The molecular formula is C8H11ClFNO2. The van der Waals surface area contributed by atoms with E-state index in [2.05, 4.69) is 0 Å². The lowest BCUT2D eigenvalue weighted by Crippen LogP contribution is -2.14. The van der Waals surface area contributed by atoms with E-state index in [0.717, 1.165) is 6.07 Å². The summed E-state index contributed by atoms with van der Waals surface area (Å²) in [5, 5.41) is 17.8. The van der Waals surface area contributed by atoms with Crippen LogP contribution in [0.5, 0.6) is 5.75 Å². The predicted octanol–water partition coefficient (Wildman–Crippen LogP) is 0.945. The zero-order valence-corrected chi connectivity index (χ0v) is 7.59. The van der Waals surface area contributed by atoms with E-state index >= 15 is 0 Å². The molecule has 0 unspecified atom stereocenters. The summed E-state index contributed by atoms with van der Waals surface area (Å²) < 4.78 is 12.5. The van der Waals surface area contributed by atoms with Crippen LogP contribution >= 0.6 is 12.4 Å². The van der Waals surface area contributed by atoms with E-state index in [-0.39, 0.29) is 24.8 Å². The lowest BCUT2D eigenvalue weighted by atomic mass is 10.1. The average Bonchev–Trinajstić information content (AvgIpc) is 2.03. The fourth-order valence-corrected chi connectivity index (χ4v) is 0.929. The average molecular weight is 208 g/mol. The maximum atomic E-state index is 12.5. The van der Waals surface area contributed by atoms with Gasteiger partial charge in [-0.15, -0.1) is 12.4 Å². The molecule has 0 saturated heterocycles. The molecule has 1 atom stereocenters. The summed E-state index contributed by atoms with van der Waals surface area (Å²) in [7, 11) is 0. The third-order valence-corrected chi connectivity index (χ3v) is 1.59. The number of phenolic OH excluding ortho intramolecular Hbond substituents is 1. The summed E-state index contributed by atoms with van der Waals surface area (Å²) >= 11 is 0. The molecule has 0 spiro atoms. The molecule has 0 aliphatic carbocycles. The van der Waals surface area contributed by atoms with Crippen molar-refractivity contribution in [3.05, 3.63) is 29.6 Å². The van der Waals surface area contributed by atoms with E-state index < -0.39 is 11.9 Å². The second-order valence-electron chi connectivity index (χ2n) is 2.49. The number of rotatable bonds is 2. The van der Waals surface area contributed by atoms with Crippen LogP contribution in [0, 0.1) is 5.82 Å². The van der Waals surface area contributed by atoms with Gasteiger partial charge in [0.25, 0.3) is 0 Å². The van der Waals surface area contributed by atoms with Gasteiger partial charge in [-0.05, 0) is 6.07 Å². The normalized spacial score (nSPS) is 11.9. The first-order chi connectivity index (χ1) is 5.65. The summed E-state index contributed by atoms with van der Waals surface area (Å²) in [4.78, 5) is 0. The van der Waals surface area contributed by atoms with Gasteiger partial charge in [-0.25, -0.2) is 4.39 Å². The Morgan fingerprint density at radius 3 is 2.54 bits per heavy atom. The molecule has 0 heterocycles. The smallest absolute Gasteiger partial charge is 0.126 e. The van der Waals surface area contributed by atoms with E-state index in [1.165, 1.54) is 12.1 Å². The van der Waals surface area contributed by atoms with Gasteiger partial charge in [-0.1, -0.05) is 6.07 Å². The van der Waals surface area contributed by atoms with E-state index in [1.807, 2.05) is 0 Å². The van der Waals surface area contributed by atoms with Crippen molar-refractivity contribution in [1.29, 1.82) is 0 Å². The summed E-state index contributed by atoms with van der Waals surface area (Å²) in [6, 6.07) is 2.84. The molecule has 4 N–H and O–H groups in total. The van der Waals surface area contributed by atoms with E-state index in [9.17, 15) is 4.39 Å². The van der Waals surface area contributed by atoms with Crippen molar-refractivity contribution in [3.63, 3.8) is 0 Å². The Hall–Kier alpha value is -0.840. The largest absolute Gasteiger partial charge is 0.508 e. The molecular weight excluding hydrogens is 197 g/mol. The number of aromatic hydroxyl groups is 1. The van der Waals surface area contributed by atoms with Crippen LogP contribution in [-0.2, 0) is 0 Å². The number of halogens is 2. The lowest BCUT2D eigenvalue weighted by molar-refractivity contribution is 0.265. The van der Waals surface area contributed by atoms with Gasteiger partial charge in [0.05, 0.1) is 12.6 Å². The van der Waals surface area contributed by atoms with Crippen molar-refractivity contribution >= 4 is 12.4 Å². The molecule has 0 radical (unpaired) electrons. The fraction of sp³-hybridized carbons (Fsp3) is 0.250. The van der Waals surface area contributed by atoms with Crippen LogP contribution in [0.25, 0.3) is 0 Å². The highest BCUT2D eigenvalue weighted by Crippen LogP contribution is 2.22. The highest BCUT2D eigenvalue weighted by atomic mass is 35.5. The van der Waals surface area contributed by atoms with Crippen LogP contribution in [0.4, 0.5) is 4.39 Å². The standard InChI is InChI=1S/C8H10FNO2.ClH/c9-5-1-2-6(7(10)4-11)8(12)3-5;/h1-3,7,11-12H,4,10H2;1H/t7-;/m0./s1. The molecule has 1 rings (SSSR count). The minimum Gasteiger partial charge on any atom is -0.508 e. The summed E-state index contributed by atoms with van der Waals surface area (Å²) in [6.07, 6.45) is 0. The van der Waals surface area contributed by atoms with Crippen molar-refractivity contribution in [1.82, 2.24) is 0 Å². The maximum absolute atomic E-state index is 12.5. The first-order valence-corrected chi connectivity index (χ1v) is 3.50. The fourth-order valence-electron chi connectivity index (χ4n) is 0.929. The zero-order valence-electron chi connectivity index (χ0n) is 6.77. The number of aliphatic hydroxyl groups excluding tert-OH is 1. The monoisotopic (exact) mass is 207 g/mol. The van der Waals surface area contributed by atoms with E-state index in [1.54, 1.807) is 0 Å². The molecule has 3 nitrogen and oxygen atoms in total. The molecule has 0 fully saturated rings. The summed E-state index contributed by atoms with van der Waals surface area (Å²) in [5.74, 6) is -0.752. The molecule has 0 aliphatic heterocycles. The van der Waals surface area contributed by atoms with E-state index in [0.29, 0.717) is 5.56 Å². The third-order valence-electron chi connectivity index (χ3n) is 1.59.